The summed E-state index contributed by atoms with van der Waals surface area (Å²) in [5.74, 6) is 2.15. The normalized spacial score (nSPS) is 11.8. The van der Waals surface area contributed by atoms with Gasteiger partial charge < -0.3 is 29.6 Å². The summed E-state index contributed by atoms with van der Waals surface area (Å²) in [7, 11) is 3.17. The average Bonchev–Trinajstić information content (AvgIpc) is 3.72. The number of thioether (sulfide) groups is 1. The Balaban J connectivity index is 1.16. The number of hydrogen-bond donors (Lipinski definition) is 3. The highest BCUT2D eigenvalue weighted by Gasteiger charge is 2.20. The van der Waals surface area contributed by atoms with Crippen molar-refractivity contribution in [3.05, 3.63) is 93.4 Å². The van der Waals surface area contributed by atoms with Gasteiger partial charge in [-0.2, -0.15) is 5.10 Å². The first-order valence-corrected chi connectivity index (χ1v) is 15.7. The van der Waals surface area contributed by atoms with E-state index >= 15 is 0 Å². The lowest BCUT2D eigenvalue weighted by Gasteiger charge is -2.14. The second kappa shape index (κ2) is 13.9. The van der Waals surface area contributed by atoms with Crippen molar-refractivity contribution >= 4 is 40.3 Å². The molecule has 0 spiro atoms. The Labute approximate surface area is 273 Å². The van der Waals surface area contributed by atoms with Crippen molar-refractivity contribution < 1.29 is 28.5 Å². The van der Waals surface area contributed by atoms with E-state index in [0.29, 0.717) is 63.4 Å². The largest absolute Gasteiger partial charge is 0.493 e. The molecule has 0 atom stereocenters. The van der Waals surface area contributed by atoms with E-state index in [4.69, 9.17) is 23.9 Å². The molecule has 3 aromatic carbocycles. The Morgan fingerprint density at radius 2 is 1.72 bits per heavy atom. The van der Waals surface area contributed by atoms with Gasteiger partial charge in [-0.1, -0.05) is 30.0 Å². The summed E-state index contributed by atoms with van der Waals surface area (Å²) in [6.07, 6.45) is 0.613. The predicted molar refractivity (Wildman–Crippen MR) is 176 cm³/mol. The van der Waals surface area contributed by atoms with Crippen LogP contribution in [0, 0.1) is 6.92 Å². The van der Waals surface area contributed by atoms with Gasteiger partial charge >= 0.3 is 0 Å². The smallest absolute Gasteiger partial charge is 0.262 e. The average molecular weight is 657 g/mol. The van der Waals surface area contributed by atoms with Crippen LogP contribution >= 0.6 is 11.8 Å². The summed E-state index contributed by atoms with van der Waals surface area (Å²) >= 11 is 1.13. The number of hydrogen-bond acceptors (Lipinski definition) is 10. The molecule has 3 heterocycles. The molecule has 0 radical (unpaired) electrons. The number of fused-ring (bicyclic) bond motifs is 2. The van der Waals surface area contributed by atoms with Gasteiger partial charge in [-0.25, -0.2) is 4.98 Å². The van der Waals surface area contributed by atoms with Crippen molar-refractivity contribution in [2.24, 2.45) is 0 Å². The van der Waals surface area contributed by atoms with Gasteiger partial charge in [0.1, 0.15) is 0 Å². The molecule has 0 saturated heterocycles. The molecule has 1 aliphatic heterocycles. The van der Waals surface area contributed by atoms with Gasteiger partial charge in [0.05, 0.1) is 37.4 Å². The highest BCUT2D eigenvalue weighted by atomic mass is 32.2. The number of methoxy groups -OCH3 is 2. The van der Waals surface area contributed by atoms with E-state index in [-0.39, 0.29) is 36.5 Å². The van der Waals surface area contributed by atoms with Crippen LogP contribution in [0.1, 0.15) is 27.2 Å². The number of nitrogens with one attached hydrogen (secondary N) is 3. The molecule has 5 aromatic rings. The first-order chi connectivity index (χ1) is 22.8. The van der Waals surface area contributed by atoms with Crippen LogP contribution in [-0.4, -0.2) is 64.9 Å². The van der Waals surface area contributed by atoms with E-state index in [0.717, 1.165) is 28.6 Å². The molecule has 0 saturated carbocycles. The molecule has 2 amide bonds. The minimum Gasteiger partial charge on any atom is -0.493 e. The number of nitrogens with zero attached hydrogens (tertiary/aromatic N) is 3. The first-order valence-electron chi connectivity index (χ1n) is 14.7. The van der Waals surface area contributed by atoms with Gasteiger partial charge in [-0.3, -0.25) is 24.0 Å². The van der Waals surface area contributed by atoms with Crippen LogP contribution in [0.25, 0.3) is 10.9 Å². The third-order valence-corrected chi connectivity index (χ3v) is 8.40. The van der Waals surface area contributed by atoms with Crippen molar-refractivity contribution in [2.45, 2.75) is 25.0 Å². The van der Waals surface area contributed by atoms with Gasteiger partial charge in [0.25, 0.3) is 11.5 Å². The Morgan fingerprint density at radius 3 is 2.45 bits per heavy atom. The lowest BCUT2D eigenvalue weighted by Crippen LogP contribution is -2.26. The summed E-state index contributed by atoms with van der Waals surface area (Å²) in [5.41, 5.74) is 3.21. The van der Waals surface area contributed by atoms with Crippen LogP contribution < -0.4 is 35.1 Å². The Hall–Kier alpha value is -5.50. The van der Waals surface area contributed by atoms with Crippen LogP contribution in [0.15, 0.2) is 70.6 Å². The molecule has 6 rings (SSSR count). The fourth-order valence-electron chi connectivity index (χ4n) is 5.03. The molecule has 0 aliphatic carbocycles. The highest BCUT2D eigenvalue weighted by Crippen LogP contribution is 2.35. The van der Waals surface area contributed by atoms with Gasteiger partial charge in [-0.15, -0.1) is 0 Å². The Morgan fingerprint density at radius 1 is 0.979 bits per heavy atom. The third-order valence-electron chi connectivity index (χ3n) is 7.42. The van der Waals surface area contributed by atoms with Gasteiger partial charge in [-0.05, 0) is 54.8 Å². The zero-order valence-corrected chi connectivity index (χ0v) is 26.7. The Bertz CT molecular complexity index is 2010. The number of amides is 2. The number of anilines is 1. The van der Waals surface area contributed by atoms with E-state index < -0.39 is 0 Å². The van der Waals surface area contributed by atoms with Crippen molar-refractivity contribution in [1.29, 1.82) is 0 Å². The standard InChI is InChI=1S/C33H32N6O7S/c1-19-12-29(38-37-19)36-30(40)17-47-33-35-24-15-28-27(45-18-46-28)14-23(24)32(42)39(33)16-21-4-7-22(8-5-21)31(41)34-11-10-20-6-9-25(43-2)26(13-20)44-3/h4-9,12-15H,10-11,16-18H2,1-3H3,(H,34,41)(H2,36,37,38,40). The Kier molecular flexibility index (Phi) is 9.29. The molecule has 2 aromatic heterocycles. The zero-order valence-electron chi connectivity index (χ0n) is 25.9. The summed E-state index contributed by atoms with van der Waals surface area (Å²) < 4.78 is 23.1. The highest BCUT2D eigenvalue weighted by molar-refractivity contribution is 7.99. The maximum absolute atomic E-state index is 13.8. The monoisotopic (exact) mass is 656 g/mol. The van der Waals surface area contributed by atoms with Crippen LogP contribution in [-0.2, 0) is 17.8 Å². The second-order valence-electron chi connectivity index (χ2n) is 10.7. The lowest BCUT2D eigenvalue weighted by atomic mass is 10.1. The summed E-state index contributed by atoms with van der Waals surface area (Å²) in [6.45, 7) is 2.49. The third kappa shape index (κ3) is 7.17. The molecule has 47 heavy (non-hydrogen) atoms. The second-order valence-corrected chi connectivity index (χ2v) is 11.6. The molecular weight excluding hydrogens is 624 g/mol. The van der Waals surface area contributed by atoms with Gasteiger partial charge in [0.2, 0.25) is 12.7 Å². The fraction of sp³-hybridized carbons (Fsp3) is 0.242. The zero-order chi connectivity index (χ0) is 32.9. The molecule has 0 unspecified atom stereocenters. The van der Waals surface area contributed by atoms with Crippen molar-refractivity contribution in [3.8, 4) is 23.0 Å². The van der Waals surface area contributed by atoms with Crippen LogP contribution in [0.4, 0.5) is 5.82 Å². The maximum Gasteiger partial charge on any atom is 0.262 e. The lowest BCUT2D eigenvalue weighted by molar-refractivity contribution is -0.113. The summed E-state index contributed by atoms with van der Waals surface area (Å²) in [6, 6.07) is 17.7. The van der Waals surface area contributed by atoms with E-state index in [9.17, 15) is 14.4 Å². The molecule has 242 valence electrons. The number of aryl methyl sites for hydroxylation is 1. The van der Waals surface area contributed by atoms with Crippen molar-refractivity contribution in [3.63, 3.8) is 0 Å². The minimum absolute atomic E-state index is 0.00315. The molecule has 0 fully saturated rings. The number of rotatable bonds is 12. The van der Waals surface area contributed by atoms with Crippen molar-refractivity contribution in [2.75, 3.05) is 38.6 Å². The van der Waals surface area contributed by atoms with E-state index in [1.54, 1.807) is 56.7 Å². The van der Waals surface area contributed by atoms with Gasteiger partial charge in [0.15, 0.2) is 34.0 Å². The number of H-pyrrole nitrogens is 1. The van der Waals surface area contributed by atoms with E-state index in [1.807, 2.05) is 25.1 Å². The molecular formula is C33H32N6O7S. The van der Waals surface area contributed by atoms with Crippen LogP contribution in [0.2, 0.25) is 0 Å². The number of aromatic amines is 1. The molecule has 0 bridgehead atoms. The topological polar surface area (TPSA) is 159 Å². The quantitative estimate of drug-likeness (QED) is 0.133. The van der Waals surface area contributed by atoms with E-state index in [2.05, 4.69) is 20.8 Å². The maximum atomic E-state index is 13.8. The number of ether oxygens (including phenoxy) is 4. The van der Waals surface area contributed by atoms with Crippen LogP contribution in [0.3, 0.4) is 0 Å². The molecule has 1 aliphatic rings. The SMILES string of the molecule is COc1ccc(CCNC(=O)c2ccc(Cn3c(SCC(=O)Nc4cc(C)[nH]n4)nc4cc5c(cc4c3=O)OCO5)cc2)cc1OC. The van der Waals surface area contributed by atoms with Gasteiger partial charge in [0, 0.05) is 29.9 Å². The number of benzene rings is 3. The molecule has 13 nitrogen and oxygen atoms in total. The number of carbonyl (C=O) groups excluding carboxylic acids is 2. The number of aromatic nitrogens is 4. The van der Waals surface area contributed by atoms with Crippen molar-refractivity contribution in [1.82, 2.24) is 25.1 Å². The predicted octanol–water partition coefficient (Wildman–Crippen LogP) is 3.93. The minimum atomic E-state index is -0.297. The first kappa shape index (κ1) is 31.5. The molecule has 3 N–H and O–H groups in total. The molecule has 14 heteroatoms. The van der Waals surface area contributed by atoms with Crippen LogP contribution in [0.5, 0.6) is 23.0 Å². The summed E-state index contributed by atoms with van der Waals surface area (Å²) in [4.78, 5) is 44.1. The van der Waals surface area contributed by atoms with E-state index in [1.165, 1.54) is 4.57 Å². The summed E-state index contributed by atoms with van der Waals surface area (Å²) in [5, 5.41) is 13.2. The fourth-order valence-corrected chi connectivity index (χ4v) is 5.83. The number of carbonyl (C=O) groups is 2.